The van der Waals surface area contributed by atoms with E-state index in [2.05, 4.69) is 4.72 Å². The van der Waals surface area contributed by atoms with Crippen molar-refractivity contribution in [1.29, 1.82) is 0 Å². The van der Waals surface area contributed by atoms with Crippen molar-refractivity contribution >= 4 is 27.8 Å². The molecule has 0 radical (unpaired) electrons. The molecule has 138 valence electrons. The Balaban J connectivity index is 2.27. The normalized spacial score (nSPS) is 11.2. The molecule has 0 saturated carbocycles. The van der Waals surface area contributed by atoms with Crippen LogP contribution in [0, 0.1) is 13.8 Å². The average Bonchev–Trinajstić information content (AvgIpc) is 2.60. The van der Waals surface area contributed by atoms with E-state index in [9.17, 15) is 18.0 Å². The van der Waals surface area contributed by atoms with E-state index in [1.165, 1.54) is 12.1 Å². The van der Waals surface area contributed by atoms with Gasteiger partial charge in [0, 0.05) is 18.4 Å². The minimum absolute atomic E-state index is 0.138. The second-order valence-electron chi connectivity index (χ2n) is 6.25. The van der Waals surface area contributed by atoms with Crippen LogP contribution < -0.4 is 4.72 Å². The van der Waals surface area contributed by atoms with Gasteiger partial charge in [-0.15, -0.1) is 0 Å². The van der Waals surface area contributed by atoms with Gasteiger partial charge in [0.2, 0.25) is 0 Å². The van der Waals surface area contributed by atoms with Gasteiger partial charge in [0.1, 0.15) is 6.29 Å². The van der Waals surface area contributed by atoms with Crippen LogP contribution in [0.1, 0.15) is 47.2 Å². The molecule has 2 aromatic rings. The Morgan fingerprint density at radius 3 is 2.38 bits per heavy atom. The summed E-state index contributed by atoms with van der Waals surface area (Å²) < 4.78 is 27.9. The van der Waals surface area contributed by atoms with Crippen LogP contribution in [0.3, 0.4) is 0 Å². The van der Waals surface area contributed by atoms with E-state index >= 15 is 0 Å². The Morgan fingerprint density at radius 1 is 1.04 bits per heavy atom. The first-order valence-corrected chi connectivity index (χ1v) is 9.99. The molecule has 5 nitrogen and oxygen atoms in total. The zero-order chi connectivity index (χ0) is 19.2. The van der Waals surface area contributed by atoms with Gasteiger partial charge in [-0.05, 0) is 50.5 Å². The van der Waals surface area contributed by atoms with Crippen LogP contribution in [-0.2, 0) is 14.8 Å². The first kappa shape index (κ1) is 19.8. The van der Waals surface area contributed by atoms with Gasteiger partial charge < -0.3 is 4.79 Å². The number of para-hydroxylation sites is 1. The molecule has 0 bridgehead atoms. The number of hydrogen-bond donors (Lipinski definition) is 1. The van der Waals surface area contributed by atoms with Gasteiger partial charge in [0.25, 0.3) is 10.0 Å². The molecule has 0 unspecified atom stereocenters. The van der Waals surface area contributed by atoms with E-state index in [-0.39, 0.29) is 17.1 Å². The number of rotatable bonds is 9. The van der Waals surface area contributed by atoms with Crippen LogP contribution in [-0.4, -0.2) is 20.5 Å². The molecule has 2 rings (SSSR count). The number of anilines is 1. The fourth-order valence-corrected chi connectivity index (χ4v) is 3.75. The smallest absolute Gasteiger partial charge is 0.261 e. The van der Waals surface area contributed by atoms with Crippen LogP contribution in [0.25, 0.3) is 0 Å². The maximum absolute atomic E-state index is 12.7. The number of hydrogen-bond acceptors (Lipinski definition) is 4. The summed E-state index contributed by atoms with van der Waals surface area (Å²) in [7, 11) is -3.79. The van der Waals surface area contributed by atoms with E-state index in [0.29, 0.717) is 36.1 Å². The molecule has 0 aromatic heterocycles. The fraction of sp³-hybridized carbons (Fsp3) is 0.300. The van der Waals surface area contributed by atoms with Gasteiger partial charge in [-0.25, -0.2) is 8.42 Å². The molecule has 2 aromatic carbocycles. The quantitative estimate of drug-likeness (QED) is 0.408. The summed E-state index contributed by atoms with van der Waals surface area (Å²) in [6, 6.07) is 11.7. The van der Waals surface area contributed by atoms with Gasteiger partial charge in [-0.3, -0.25) is 9.52 Å². The van der Waals surface area contributed by atoms with Gasteiger partial charge in [0.15, 0.2) is 5.78 Å². The van der Waals surface area contributed by atoms with Crippen molar-refractivity contribution < 1.29 is 18.0 Å². The second-order valence-corrected chi connectivity index (χ2v) is 7.93. The molecule has 1 N–H and O–H groups in total. The summed E-state index contributed by atoms with van der Waals surface area (Å²) in [5.41, 5.74) is 2.31. The molecule has 0 atom stereocenters. The molecule has 26 heavy (non-hydrogen) atoms. The van der Waals surface area contributed by atoms with Crippen molar-refractivity contribution in [2.24, 2.45) is 0 Å². The minimum atomic E-state index is -3.79. The number of nitrogens with one attached hydrogen (secondary N) is 1. The number of unbranched alkanes of at least 4 members (excludes halogenated alkanes) is 2. The van der Waals surface area contributed by atoms with Crippen LogP contribution >= 0.6 is 0 Å². The molecule has 0 amide bonds. The van der Waals surface area contributed by atoms with E-state index in [1.807, 2.05) is 6.92 Å². The standard InChI is InChI=1S/C20H23NO4S/c1-15-10-12-17(13-11-15)26(24,25)21-20-16(2)7-6-8-18(20)19(23)9-4-3-5-14-22/h6-8,10-14,21H,3-5,9H2,1-2H3. The number of carbonyl (C=O) groups is 2. The van der Waals surface area contributed by atoms with Crippen molar-refractivity contribution in [3.8, 4) is 0 Å². The van der Waals surface area contributed by atoms with Crippen molar-refractivity contribution in [1.82, 2.24) is 0 Å². The Hall–Kier alpha value is -2.47. The van der Waals surface area contributed by atoms with Crippen molar-refractivity contribution in [2.45, 2.75) is 44.4 Å². The number of aldehydes is 1. The lowest BCUT2D eigenvalue weighted by molar-refractivity contribution is -0.107. The predicted octanol–water partition coefficient (Wildman–Crippen LogP) is 4.05. The third kappa shape index (κ3) is 5.02. The zero-order valence-corrected chi connectivity index (χ0v) is 15.8. The summed E-state index contributed by atoms with van der Waals surface area (Å²) in [6.07, 6.45) is 2.77. The Bertz CT molecular complexity index is 887. The number of Topliss-reactive ketones (excluding diaryl/α,β-unsaturated/α-hetero) is 1. The monoisotopic (exact) mass is 373 g/mol. The van der Waals surface area contributed by atoms with Gasteiger partial charge in [-0.2, -0.15) is 0 Å². The minimum Gasteiger partial charge on any atom is -0.303 e. The first-order valence-electron chi connectivity index (χ1n) is 8.51. The van der Waals surface area contributed by atoms with Crippen LogP contribution in [0.4, 0.5) is 5.69 Å². The number of carbonyl (C=O) groups excluding carboxylic acids is 2. The fourth-order valence-electron chi connectivity index (χ4n) is 2.59. The zero-order valence-electron chi connectivity index (χ0n) is 15.0. The summed E-state index contributed by atoms with van der Waals surface area (Å²) in [5, 5.41) is 0. The topological polar surface area (TPSA) is 80.3 Å². The second kappa shape index (κ2) is 8.76. The van der Waals surface area contributed by atoms with Crippen LogP contribution in [0.15, 0.2) is 47.4 Å². The molecule has 0 aliphatic heterocycles. The van der Waals surface area contributed by atoms with Gasteiger partial charge >= 0.3 is 0 Å². The summed E-state index contributed by atoms with van der Waals surface area (Å²) >= 11 is 0. The van der Waals surface area contributed by atoms with Gasteiger partial charge in [0.05, 0.1) is 10.6 Å². The van der Waals surface area contributed by atoms with E-state index in [1.54, 1.807) is 37.3 Å². The molecule has 0 aliphatic carbocycles. The van der Waals surface area contributed by atoms with E-state index in [4.69, 9.17) is 0 Å². The lowest BCUT2D eigenvalue weighted by Gasteiger charge is -2.15. The maximum Gasteiger partial charge on any atom is 0.261 e. The first-order chi connectivity index (χ1) is 12.3. The summed E-state index contributed by atoms with van der Waals surface area (Å²) in [5.74, 6) is -0.138. The van der Waals surface area contributed by atoms with Crippen molar-refractivity contribution in [3.05, 3.63) is 59.2 Å². The highest BCUT2D eigenvalue weighted by molar-refractivity contribution is 7.92. The highest BCUT2D eigenvalue weighted by Crippen LogP contribution is 2.26. The molecule has 0 heterocycles. The average molecular weight is 373 g/mol. The predicted molar refractivity (Wildman–Crippen MR) is 102 cm³/mol. The Kier molecular flexibility index (Phi) is 6.69. The number of benzene rings is 2. The van der Waals surface area contributed by atoms with E-state index in [0.717, 1.165) is 11.8 Å². The third-order valence-electron chi connectivity index (χ3n) is 4.12. The highest BCUT2D eigenvalue weighted by atomic mass is 32.2. The SMILES string of the molecule is Cc1ccc(S(=O)(=O)Nc2c(C)cccc2C(=O)CCCCC=O)cc1. The van der Waals surface area contributed by atoms with Crippen LogP contribution in [0.2, 0.25) is 0 Å². The number of ketones is 1. The highest BCUT2D eigenvalue weighted by Gasteiger charge is 2.20. The van der Waals surface area contributed by atoms with Crippen LogP contribution in [0.5, 0.6) is 0 Å². The molecular weight excluding hydrogens is 350 g/mol. The summed E-state index contributed by atoms with van der Waals surface area (Å²) in [6.45, 7) is 3.64. The molecular formula is C20H23NO4S. The largest absolute Gasteiger partial charge is 0.303 e. The van der Waals surface area contributed by atoms with Crippen molar-refractivity contribution in [2.75, 3.05) is 4.72 Å². The van der Waals surface area contributed by atoms with Crippen molar-refractivity contribution in [3.63, 3.8) is 0 Å². The molecule has 6 heteroatoms. The van der Waals surface area contributed by atoms with Gasteiger partial charge in [-0.1, -0.05) is 29.8 Å². The lowest BCUT2D eigenvalue weighted by atomic mass is 10.0. The third-order valence-corrected chi connectivity index (χ3v) is 5.48. The number of aryl methyl sites for hydroxylation is 2. The number of sulfonamides is 1. The lowest BCUT2D eigenvalue weighted by Crippen LogP contribution is -2.16. The molecule has 0 aliphatic rings. The summed E-state index contributed by atoms with van der Waals surface area (Å²) in [4.78, 5) is 23.0. The molecule has 0 spiro atoms. The molecule has 0 saturated heterocycles. The Labute approximate surface area is 154 Å². The molecule has 0 fully saturated rings. The van der Waals surface area contributed by atoms with E-state index < -0.39 is 10.0 Å². The Morgan fingerprint density at radius 2 is 1.73 bits per heavy atom. The maximum atomic E-state index is 12.7.